The lowest BCUT2D eigenvalue weighted by atomic mass is 9.94. The second-order valence-corrected chi connectivity index (χ2v) is 5.30. The van der Waals surface area contributed by atoms with Gasteiger partial charge in [-0.05, 0) is 24.6 Å². The van der Waals surface area contributed by atoms with Crippen LogP contribution in [-0.2, 0) is 4.79 Å². The Labute approximate surface area is 104 Å². The monoisotopic (exact) mass is 234 g/mol. The third-order valence-corrected chi connectivity index (χ3v) is 2.52. The maximum Gasteiger partial charge on any atom is 0.232 e. The number of benzene rings is 1. The third kappa shape index (κ3) is 3.48. The molecule has 2 N–H and O–H groups in total. The van der Waals surface area contributed by atoms with Crippen LogP contribution < -0.4 is 10.6 Å². The number of anilines is 2. The Morgan fingerprint density at radius 3 is 2.47 bits per heavy atom. The second-order valence-electron chi connectivity index (χ2n) is 5.30. The fraction of sp³-hybridized carbons (Fsp3) is 0.500. The molecule has 3 heteroatoms. The fourth-order valence-corrected chi connectivity index (χ4v) is 1.67. The van der Waals surface area contributed by atoms with Crippen molar-refractivity contribution in [1.82, 2.24) is 0 Å². The van der Waals surface area contributed by atoms with Gasteiger partial charge in [-0.2, -0.15) is 0 Å². The van der Waals surface area contributed by atoms with Gasteiger partial charge in [-0.1, -0.05) is 33.8 Å². The molecule has 3 nitrogen and oxygen atoms in total. The molecule has 0 unspecified atom stereocenters. The molecule has 0 spiro atoms. The number of nitrogens with two attached hydrogens (primary N) is 1. The molecule has 1 aromatic rings. The van der Waals surface area contributed by atoms with Crippen molar-refractivity contribution >= 4 is 17.3 Å². The van der Waals surface area contributed by atoms with Crippen molar-refractivity contribution in [2.45, 2.75) is 34.1 Å². The standard InChI is InChI=1S/C14H22N2O/c1-5-9-16(13(17)14(2,3)4)12-8-6-7-11(15)10-12/h6-8,10H,5,9,15H2,1-4H3. The summed E-state index contributed by atoms with van der Waals surface area (Å²) in [4.78, 5) is 14.2. The summed E-state index contributed by atoms with van der Waals surface area (Å²) in [6.07, 6.45) is 0.927. The van der Waals surface area contributed by atoms with Crippen LogP contribution in [0, 0.1) is 5.41 Å². The molecule has 0 aliphatic carbocycles. The topological polar surface area (TPSA) is 46.3 Å². The highest BCUT2D eigenvalue weighted by Gasteiger charge is 2.27. The summed E-state index contributed by atoms with van der Waals surface area (Å²) in [5.41, 5.74) is 6.96. The van der Waals surface area contributed by atoms with E-state index in [1.165, 1.54) is 0 Å². The van der Waals surface area contributed by atoms with Crippen molar-refractivity contribution in [2.75, 3.05) is 17.2 Å². The molecule has 0 bridgehead atoms. The summed E-state index contributed by atoms with van der Waals surface area (Å²) in [5.74, 6) is 0.130. The second kappa shape index (κ2) is 5.21. The van der Waals surface area contributed by atoms with E-state index in [0.29, 0.717) is 5.69 Å². The van der Waals surface area contributed by atoms with Gasteiger partial charge in [-0.25, -0.2) is 0 Å². The lowest BCUT2D eigenvalue weighted by molar-refractivity contribution is -0.125. The van der Waals surface area contributed by atoms with Gasteiger partial charge in [-0.3, -0.25) is 4.79 Å². The van der Waals surface area contributed by atoms with Gasteiger partial charge in [0.15, 0.2) is 0 Å². The minimum absolute atomic E-state index is 0.130. The van der Waals surface area contributed by atoms with E-state index in [1.54, 1.807) is 0 Å². The van der Waals surface area contributed by atoms with Gasteiger partial charge in [0, 0.05) is 23.3 Å². The minimum atomic E-state index is -0.375. The average molecular weight is 234 g/mol. The number of hydrogen-bond acceptors (Lipinski definition) is 2. The van der Waals surface area contributed by atoms with Crippen LogP contribution in [0.3, 0.4) is 0 Å². The molecule has 1 rings (SSSR count). The smallest absolute Gasteiger partial charge is 0.232 e. The van der Waals surface area contributed by atoms with Crippen LogP contribution in [0.25, 0.3) is 0 Å². The molecule has 0 aliphatic rings. The summed E-state index contributed by atoms with van der Waals surface area (Å²) in [6, 6.07) is 7.48. The van der Waals surface area contributed by atoms with Crippen LogP contribution in [0.15, 0.2) is 24.3 Å². The molecule has 0 heterocycles. The van der Waals surface area contributed by atoms with Crippen LogP contribution in [0.1, 0.15) is 34.1 Å². The van der Waals surface area contributed by atoms with Gasteiger partial charge in [0.1, 0.15) is 0 Å². The molecule has 0 atom stereocenters. The van der Waals surface area contributed by atoms with Crippen LogP contribution >= 0.6 is 0 Å². The maximum absolute atomic E-state index is 12.4. The Kier molecular flexibility index (Phi) is 4.16. The van der Waals surface area contributed by atoms with Crippen molar-refractivity contribution in [3.63, 3.8) is 0 Å². The number of amides is 1. The number of carbonyl (C=O) groups excluding carboxylic acids is 1. The molecule has 0 fully saturated rings. The highest BCUT2D eigenvalue weighted by Crippen LogP contribution is 2.24. The highest BCUT2D eigenvalue weighted by molar-refractivity contribution is 5.97. The van der Waals surface area contributed by atoms with E-state index in [1.807, 2.05) is 49.9 Å². The van der Waals surface area contributed by atoms with Crippen LogP contribution in [0.5, 0.6) is 0 Å². The van der Waals surface area contributed by atoms with Gasteiger partial charge in [0.05, 0.1) is 0 Å². The maximum atomic E-state index is 12.4. The summed E-state index contributed by atoms with van der Waals surface area (Å²) < 4.78 is 0. The van der Waals surface area contributed by atoms with E-state index in [0.717, 1.165) is 18.7 Å². The summed E-state index contributed by atoms with van der Waals surface area (Å²) in [5, 5.41) is 0. The largest absolute Gasteiger partial charge is 0.399 e. The van der Waals surface area contributed by atoms with Crippen LogP contribution in [0.2, 0.25) is 0 Å². The lowest BCUT2D eigenvalue weighted by Gasteiger charge is -2.29. The molecule has 0 saturated heterocycles. The van der Waals surface area contributed by atoms with Crippen molar-refractivity contribution in [1.29, 1.82) is 0 Å². The molecule has 0 aliphatic heterocycles. The molecule has 1 amide bonds. The Morgan fingerprint density at radius 2 is 2.00 bits per heavy atom. The van der Waals surface area contributed by atoms with Crippen molar-refractivity contribution in [3.05, 3.63) is 24.3 Å². The zero-order valence-electron chi connectivity index (χ0n) is 11.2. The first-order valence-electron chi connectivity index (χ1n) is 6.03. The lowest BCUT2D eigenvalue weighted by Crippen LogP contribution is -2.40. The molecule has 1 aromatic carbocycles. The molecule has 0 radical (unpaired) electrons. The molecule has 17 heavy (non-hydrogen) atoms. The van der Waals surface area contributed by atoms with Gasteiger partial charge in [0.25, 0.3) is 0 Å². The number of hydrogen-bond donors (Lipinski definition) is 1. The van der Waals surface area contributed by atoms with Crippen LogP contribution in [-0.4, -0.2) is 12.5 Å². The van der Waals surface area contributed by atoms with E-state index in [-0.39, 0.29) is 11.3 Å². The van der Waals surface area contributed by atoms with Crippen molar-refractivity contribution in [2.24, 2.45) is 5.41 Å². The van der Waals surface area contributed by atoms with Crippen LogP contribution in [0.4, 0.5) is 11.4 Å². The molecule has 0 aromatic heterocycles. The minimum Gasteiger partial charge on any atom is -0.399 e. The first-order chi connectivity index (χ1) is 7.86. The zero-order valence-corrected chi connectivity index (χ0v) is 11.2. The third-order valence-electron chi connectivity index (χ3n) is 2.52. The fourth-order valence-electron chi connectivity index (χ4n) is 1.67. The van der Waals surface area contributed by atoms with E-state index in [2.05, 4.69) is 6.92 Å². The number of nitrogens with zero attached hydrogens (tertiary/aromatic N) is 1. The highest BCUT2D eigenvalue weighted by atomic mass is 16.2. The Balaban J connectivity index is 3.05. The van der Waals surface area contributed by atoms with Gasteiger partial charge >= 0.3 is 0 Å². The summed E-state index contributed by atoms with van der Waals surface area (Å²) >= 11 is 0. The average Bonchev–Trinajstić information content (AvgIpc) is 2.23. The van der Waals surface area contributed by atoms with E-state index in [4.69, 9.17) is 5.73 Å². The molecule has 94 valence electrons. The Morgan fingerprint density at radius 1 is 1.35 bits per heavy atom. The zero-order chi connectivity index (χ0) is 13.1. The van der Waals surface area contributed by atoms with Gasteiger partial charge in [-0.15, -0.1) is 0 Å². The van der Waals surface area contributed by atoms with E-state index < -0.39 is 0 Å². The van der Waals surface area contributed by atoms with Crippen molar-refractivity contribution in [3.8, 4) is 0 Å². The van der Waals surface area contributed by atoms with E-state index in [9.17, 15) is 4.79 Å². The number of carbonyl (C=O) groups is 1. The predicted molar refractivity (Wildman–Crippen MR) is 73.0 cm³/mol. The van der Waals surface area contributed by atoms with E-state index >= 15 is 0 Å². The predicted octanol–water partition coefficient (Wildman–Crippen LogP) is 3.06. The normalized spacial score (nSPS) is 11.3. The quantitative estimate of drug-likeness (QED) is 0.817. The number of rotatable bonds is 3. The first kappa shape index (κ1) is 13.6. The Hall–Kier alpha value is -1.51. The Bertz CT molecular complexity index is 393. The number of nitrogen functional groups attached to an aromatic ring is 1. The SMILES string of the molecule is CCCN(C(=O)C(C)(C)C)c1cccc(N)c1. The van der Waals surface area contributed by atoms with Gasteiger partial charge in [0.2, 0.25) is 5.91 Å². The summed E-state index contributed by atoms with van der Waals surface area (Å²) in [7, 11) is 0. The van der Waals surface area contributed by atoms with Gasteiger partial charge < -0.3 is 10.6 Å². The van der Waals surface area contributed by atoms with Crippen molar-refractivity contribution < 1.29 is 4.79 Å². The molecule has 0 saturated carbocycles. The summed E-state index contributed by atoms with van der Waals surface area (Å²) in [6.45, 7) is 8.59. The molecular weight excluding hydrogens is 212 g/mol. The first-order valence-corrected chi connectivity index (χ1v) is 6.03. The molecular formula is C14H22N2O.